The summed E-state index contributed by atoms with van der Waals surface area (Å²) >= 11 is 0. The van der Waals surface area contributed by atoms with Crippen molar-refractivity contribution in [3.05, 3.63) is 81.6 Å². The molecule has 0 fully saturated rings. The summed E-state index contributed by atoms with van der Waals surface area (Å²) < 4.78 is 33.5. The zero-order chi connectivity index (χ0) is 19.6. The van der Waals surface area contributed by atoms with E-state index in [9.17, 15) is 18.4 Å². The van der Waals surface area contributed by atoms with Gasteiger partial charge in [-0.05, 0) is 24.6 Å². The predicted molar refractivity (Wildman–Crippen MR) is 99.3 cm³/mol. The first-order valence-electron chi connectivity index (χ1n) is 8.58. The summed E-state index contributed by atoms with van der Waals surface area (Å²) in [5.74, 6) is -3.58. The molecular weight excluding hydrogens is 352 g/mol. The highest BCUT2D eigenvalue weighted by Crippen LogP contribution is 2.27. The number of rotatable bonds is 5. The van der Waals surface area contributed by atoms with Gasteiger partial charge in [0.1, 0.15) is 5.56 Å². The molecule has 1 heterocycles. The maximum absolute atomic E-state index is 13.4. The number of carbonyl (C=O) groups excluding carboxylic acids is 1. The number of benzene rings is 2. The van der Waals surface area contributed by atoms with Crippen molar-refractivity contribution >= 4 is 16.9 Å². The minimum Gasteiger partial charge on any atom is -0.462 e. The summed E-state index contributed by atoms with van der Waals surface area (Å²) in [5.41, 5.74) is 0.920. The molecule has 0 aliphatic heterocycles. The number of nitrogens with zero attached hydrogens (tertiary/aromatic N) is 1. The molecule has 0 atom stereocenters. The van der Waals surface area contributed by atoms with Gasteiger partial charge in [0.2, 0.25) is 5.43 Å². The van der Waals surface area contributed by atoms with E-state index in [0.717, 1.165) is 12.5 Å². The molecule has 0 bridgehead atoms. The van der Waals surface area contributed by atoms with E-state index < -0.39 is 11.9 Å². The minimum absolute atomic E-state index is 0.0488. The Morgan fingerprint density at radius 3 is 2.41 bits per heavy atom. The van der Waals surface area contributed by atoms with Crippen molar-refractivity contribution in [2.24, 2.45) is 0 Å². The highest BCUT2D eigenvalue weighted by atomic mass is 19.3. The van der Waals surface area contributed by atoms with E-state index in [1.54, 1.807) is 47.9 Å². The fraction of sp³-hybridized carbons (Fsp3) is 0.238. The highest BCUT2D eigenvalue weighted by Gasteiger charge is 2.23. The summed E-state index contributed by atoms with van der Waals surface area (Å²) in [5, 5.41) is 0.403. The Morgan fingerprint density at radius 2 is 1.78 bits per heavy atom. The van der Waals surface area contributed by atoms with Crippen molar-refractivity contribution in [2.75, 3.05) is 6.61 Å². The smallest absolute Gasteiger partial charge is 0.343 e. The first kappa shape index (κ1) is 18.8. The third-order valence-corrected chi connectivity index (χ3v) is 4.30. The Kier molecular flexibility index (Phi) is 5.08. The molecule has 0 spiro atoms. The van der Waals surface area contributed by atoms with Gasteiger partial charge >= 0.3 is 5.97 Å². The topological polar surface area (TPSA) is 48.3 Å². The first-order valence-corrected chi connectivity index (χ1v) is 8.58. The molecule has 0 unspecified atom stereocenters. The monoisotopic (exact) mass is 371 g/mol. The van der Waals surface area contributed by atoms with Crippen LogP contribution in [0.1, 0.15) is 35.3 Å². The minimum atomic E-state index is -2.90. The van der Waals surface area contributed by atoms with E-state index in [2.05, 4.69) is 0 Å². The van der Waals surface area contributed by atoms with Crippen molar-refractivity contribution in [3.63, 3.8) is 0 Å². The van der Waals surface area contributed by atoms with E-state index in [-0.39, 0.29) is 23.2 Å². The largest absolute Gasteiger partial charge is 0.462 e. The SMILES string of the molecule is CCOC(=O)c1cn(Cc2ccc(C(C)(F)F)cc2)c2ccccc2c1=O. The molecule has 3 rings (SSSR count). The zero-order valence-corrected chi connectivity index (χ0v) is 15.0. The van der Waals surface area contributed by atoms with Crippen LogP contribution in [0.2, 0.25) is 0 Å². The van der Waals surface area contributed by atoms with Gasteiger partial charge in [0.15, 0.2) is 0 Å². The molecule has 27 heavy (non-hydrogen) atoms. The molecule has 4 nitrogen and oxygen atoms in total. The molecule has 140 valence electrons. The number of fused-ring (bicyclic) bond motifs is 1. The molecule has 0 aliphatic rings. The Balaban J connectivity index is 2.07. The van der Waals surface area contributed by atoms with E-state index in [1.165, 1.54) is 18.3 Å². The molecule has 6 heteroatoms. The first-order chi connectivity index (χ1) is 12.8. The van der Waals surface area contributed by atoms with Crippen LogP contribution in [0.5, 0.6) is 0 Å². The second-order valence-corrected chi connectivity index (χ2v) is 6.32. The zero-order valence-electron chi connectivity index (χ0n) is 15.0. The van der Waals surface area contributed by atoms with Crippen molar-refractivity contribution < 1.29 is 18.3 Å². The van der Waals surface area contributed by atoms with Crippen LogP contribution in [-0.4, -0.2) is 17.1 Å². The van der Waals surface area contributed by atoms with Crippen LogP contribution in [0.4, 0.5) is 8.78 Å². The van der Waals surface area contributed by atoms with Gasteiger partial charge in [-0.3, -0.25) is 4.79 Å². The fourth-order valence-electron chi connectivity index (χ4n) is 2.93. The lowest BCUT2D eigenvalue weighted by molar-refractivity contribution is 0.0174. The molecule has 1 aromatic heterocycles. The van der Waals surface area contributed by atoms with Crippen LogP contribution in [-0.2, 0) is 17.2 Å². The molecule has 0 aliphatic carbocycles. The normalized spacial score (nSPS) is 11.6. The Labute approximate surface area is 155 Å². The van der Waals surface area contributed by atoms with Crippen LogP contribution in [0.15, 0.2) is 59.5 Å². The van der Waals surface area contributed by atoms with Gasteiger partial charge in [0, 0.05) is 30.6 Å². The Morgan fingerprint density at radius 1 is 1.11 bits per heavy atom. The van der Waals surface area contributed by atoms with Crippen molar-refractivity contribution in [2.45, 2.75) is 26.3 Å². The number of hydrogen-bond acceptors (Lipinski definition) is 3. The molecule has 0 saturated carbocycles. The maximum Gasteiger partial charge on any atom is 0.343 e. The maximum atomic E-state index is 13.4. The van der Waals surface area contributed by atoms with Crippen molar-refractivity contribution in [1.29, 1.82) is 0 Å². The lowest BCUT2D eigenvalue weighted by Gasteiger charge is -2.15. The molecule has 0 radical (unpaired) electrons. The second-order valence-electron chi connectivity index (χ2n) is 6.32. The number of carbonyl (C=O) groups is 1. The lowest BCUT2D eigenvalue weighted by Crippen LogP contribution is -2.21. The molecule has 3 aromatic rings. The standard InChI is InChI=1S/C21H19F2NO3/c1-3-27-20(26)17-13-24(18-7-5-4-6-16(18)19(17)25)12-14-8-10-15(11-9-14)21(2,22)23/h4-11,13H,3,12H2,1-2H3. The molecule has 0 saturated heterocycles. The van der Waals surface area contributed by atoms with Crippen LogP contribution < -0.4 is 5.43 Å². The molecule has 2 aromatic carbocycles. The van der Waals surface area contributed by atoms with E-state index in [1.807, 2.05) is 0 Å². The summed E-state index contributed by atoms with van der Waals surface area (Å²) in [6.07, 6.45) is 1.46. The second kappa shape index (κ2) is 7.31. The lowest BCUT2D eigenvalue weighted by atomic mass is 10.1. The number of hydrogen-bond donors (Lipinski definition) is 0. The van der Waals surface area contributed by atoms with Gasteiger partial charge in [0.25, 0.3) is 5.92 Å². The number of ether oxygens (including phenoxy) is 1. The van der Waals surface area contributed by atoms with Gasteiger partial charge in [-0.25, -0.2) is 13.6 Å². The predicted octanol–water partition coefficient (Wildman–Crippen LogP) is 4.34. The van der Waals surface area contributed by atoms with Crippen molar-refractivity contribution in [3.8, 4) is 0 Å². The summed E-state index contributed by atoms with van der Waals surface area (Å²) in [6, 6.07) is 12.9. The highest BCUT2D eigenvalue weighted by molar-refractivity contribution is 5.93. The van der Waals surface area contributed by atoms with Gasteiger partial charge in [0.05, 0.1) is 12.1 Å². The summed E-state index contributed by atoms with van der Waals surface area (Å²) in [4.78, 5) is 24.8. The quantitative estimate of drug-likeness (QED) is 0.627. The number of halogens is 2. The number of para-hydroxylation sites is 1. The average Bonchev–Trinajstić information content (AvgIpc) is 2.64. The average molecular weight is 371 g/mol. The van der Waals surface area contributed by atoms with Crippen LogP contribution in [0.25, 0.3) is 10.9 Å². The third-order valence-electron chi connectivity index (χ3n) is 4.30. The van der Waals surface area contributed by atoms with Gasteiger partial charge < -0.3 is 9.30 Å². The molecule has 0 N–H and O–H groups in total. The summed E-state index contributed by atoms with van der Waals surface area (Å²) in [6.45, 7) is 3.01. The van der Waals surface area contributed by atoms with E-state index in [0.29, 0.717) is 17.4 Å². The third kappa shape index (κ3) is 3.89. The van der Waals surface area contributed by atoms with Gasteiger partial charge in [-0.1, -0.05) is 36.4 Å². The number of esters is 1. The Hall–Kier alpha value is -3.02. The van der Waals surface area contributed by atoms with Gasteiger partial charge in [-0.15, -0.1) is 0 Å². The molecular formula is C21H19F2NO3. The number of alkyl halides is 2. The fourth-order valence-corrected chi connectivity index (χ4v) is 2.93. The van der Waals surface area contributed by atoms with E-state index >= 15 is 0 Å². The van der Waals surface area contributed by atoms with Crippen LogP contribution >= 0.6 is 0 Å². The number of aromatic nitrogens is 1. The Bertz CT molecular complexity index is 1030. The van der Waals surface area contributed by atoms with Gasteiger partial charge in [-0.2, -0.15) is 0 Å². The summed E-state index contributed by atoms with van der Waals surface area (Å²) in [7, 11) is 0. The van der Waals surface area contributed by atoms with Crippen LogP contribution in [0.3, 0.4) is 0 Å². The molecule has 0 amide bonds. The van der Waals surface area contributed by atoms with Crippen molar-refractivity contribution in [1.82, 2.24) is 4.57 Å². The van der Waals surface area contributed by atoms with Crippen LogP contribution in [0, 0.1) is 0 Å². The number of pyridine rings is 1. The van der Waals surface area contributed by atoms with E-state index in [4.69, 9.17) is 4.74 Å².